The van der Waals surface area contributed by atoms with E-state index in [2.05, 4.69) is 15.3 Å². The number of nitrogens with one attached hydrogen (secondary N) is 1. The average Bonchev–Trinajstić information content (AvgIpc) is 3.19. The van der Waals surface area contributed by atoms with Gasteiger partial charge < -0.3 is 19.4 Å². The SMILES string of the molecule is CC(=O)NCc1cc(OC2CCN(C(=O)c3oc(C)nc3C)C2)ccn1. The summed E-state index contributed by atoms with van der Waals surface area (Å²) in [5.41, 5.74) is 1.32. The van der Waals surface area contributed by atoms with Crippen LogP contribution in [0.2, 0.25) is 0 Å². The second kappa shape index (κ2) is 7.55. The van der Waals surface area contributed by atoms with Crippen LogP contribution in [0, 0.1) is 13.8 Å². The van der Waals surface area contributed by atoms with Crippen LogP contribution in [0.25, 0.3) is 0 Å². The molecule has 0 spiro atoms. The van der Waals surface area contributed by atoms with E-state index in [0.29, 0.717) is 42.7 Å². The predicted octanol–water partition coefficient (Wildman–Crippen LogP) is 1.62. The normalized spacial score (nSPS) is 16.6. The molecular weight excluding hydrogens is 336 g/mol. The summed E-state index contributed by atoms with van der Waals surface area (Å²) >= 11 is 0. The Morgan fingerprint density at radius 1 is 1.42 bits per heavy atom. The third kappa shape index (κ3) is 4.19. The molecule has 8 nitrogen and oxygen atoms in total. The number of ether oxygens (including phenoxy) is 1. The topological polar surface area (TPSA) is 97.6 Å². The van der Waals surface area contributed by atoms with Crippen molar-refractivity contribution in [3.05, 3.63) is 41.4 Å². The number of amides is 2. The smallest absolute Gasteiger partial charge is 0.291 e. The molecule has 2 amide bonds. The third-order valence-electron chi connectivity index (χ3n) is 4.14. The number of oxazole rings is 1. The third-order valence-corrected chi connectivity index (χ3v) is 4.14. The number of pyridine rings is 1. The minimum Gasteiger partial charge on any atom is -0.488 e. The molecule has 138 valence electrons. The highest BCUT2D eigenvalue weighted by atomic mass is 16.5. The standard InChI is InChI=1S/C18H22N4O4/c1-11-17(25-13(3)21-11)18(24)22-7-5-16(10-22)26-15-4-6-19-14(8-15)9-20-12(2)23/h4,6,8,16H,5,7,9-10H2,1-3H3,(H,20,23). The van der Waals surface area contributed by atoms with Crippen molar-refractivity contribution in [2.75, 3.05) is 13.1 Å². The van der Waals surface area contributed by atoms with E-state index >= 15 is 0 Å². The molecule has 1 unspecified atom stereocenters. The lowest BCUT2D eigenvalue weighted by Crippen LogP contribution is -2.31. The van der Waals surface area contributed by atoms with Crippen molar-refractivity contribution in [3.63, 3.8) is 0 Å². The maximum Gasteiger partial charge on any atom is 0.291 e. The minimum absolute atomic E-state index is 0.0979. The van der Waals surface area contributed by atoms with Gasteiger partial charge in [-0.3, -0.25) is 14.6 Å². The lowest BCUT2D eigenvalue weighted by atomic mass is 10.3. The zero-order chi connectivity index (χ0) is 18.7. The van der Waals surface area contributed by atoms with Crippen molar-refractivity contribution in [1.82, 2.24) is 20.2 Å². The summed E-state index contributed by atoms with van der Waals surface area (Å²) in [4.78, 5) is 33.6. The van der Waals surface area contributed by atoms with E-state index in [4.69, 9.17) is 9.15 Å². The molecule has 0 aromatic carbocycles. The van der Waals surface area contributed by atoms with Gasteiger partial charge in [-0.1, -0.05) is 0 Å². The van der Waals surface area contributed by atoms with Crippen molar-refractivity contribution < 1.29 is 18.7 Å². The van der Waals surface area contributed by atoms with Crippen LogP contribution >= 0.6 is 0 Å². The van der Waals surface area contributed by atoms with E-state index in [-0.39, 0.29) is 17.9 Å². The first-order chi connectivity index (χ1) is 12.4. The molecule has 1 atom stereocenters. The van der Waals surface area contributed by atoms with Crippen LogP contribution in [0.1, 0.15) is 41.2 Å². The first-order valence-corrected chi connectivity index (χ1v) is 8.51. The van der Waals surface area contributed by atoms with Crippen LogP contribution < -0.4 is 10.1 Å². The highest BCUT2D eigenvalue weighted by Crippen LogP contribution is 2.21. The Labute approximate surface area is 151 Å². The molecule has 2 aromatic rings. The van der Waals surface area contributed by atoms with Gasteiger partial charge in [0.25, 0.3) is 5.91 Å². The van der Waals surface area contributed by atoms with Gasteiger partial charge in [0.1, 0.15) is 11.9 Å². The maximum atomic E-state index is 12.6. The van der Waals surface area contributed by atoms with Gasteiger partial charge in [-0.15, -0.1) is 0 Å². The number of aromatic nitrogens is 2. The van der Waals surface area contributed by atoms with Crippen molar-refractivity contribution >= 4 is 11.8 Å². The molecule has 2 aromatic heterocycles. The van der Waals surface area contributed by atoms with Gasteiger partial charge >= 0.3 is 0 Å². The molecule has 1 saturated heterocycles. The Balaban J connectivity index is 1.59. The van der Waals surface area contributed by atoms with Crippen LogP contribution in [-0.4, -0.2) is 45.9 Å². The average molecular weight is 358 g/mol. The van der Waals surface area contributed by atoms with Crippen molar-refractivity contribution in [2.45, 2.75) is 39.8 Å². The summed E-state index contributed by atoms with van der Waals surface area (Å²) in [6, 6.07) is 3.57. The van der Waals surface area contributed by atoms with Crippen LogP contribution in [0.5, 0.6) is 5.75 Å². The van der Waals surface area contributed by atoms with Gasteiger partial charge in [-0.05, 0) is 13.0 Å². The molecule has 8 heteroatoms. The molecule has 0 aliphatic carbocycles. The second-order valence-electron chi connectivity index (χ2n) is 6.32. The molecule has 1 fully saturated rings. The molecule has 3 heterocycles. The van der Waals surface area contributed by atoms with Crippen LogP contribution in [-0.2, 0) is 11.3 Å². The fraction of sp³-hybridized carbons (Fsp3) is 0.444. The summed E-state index contributed by atoms with van der Waals surface area (Å²) < 4.78 is 11.4. The monoisotopic (exact) mass is 358 g/mol. The second-order valence-corrected chi connectivity index (χ2v) is 6.32. The predicted molar refractivity (Wildman–Crippen MR) is 92.7 cm³/mol. The summed E-state index contributed by atoms with van der Waals surface area (Å²) in [6.07, 6.45) is 2.28. The molecule has 26 heavy (non-hydrogen) atoms. The van der Waals surface area contributed by atoms with Crippen LogP contribution in [0.3, 0.4) is 0 Å². The largest absolute Gasteiger partial charge is 0.488 e. The van der Waals surface area contributed by atoms with Gasteiger partial charge in [-0.2, -0.15) is 0 Å². The molecule has 3 rings (SSSR count). The maximum absolute atomic E-state index is 12.6. The van der Waals surface area contributed by atoms with Crippen LogP contribution in [0.4, 0.5) is 0 Å². The fourth-order valence-electron chi connectivity index (χ4n) is 2.92. The van der Waals surface area contributed by atoms with Crippen molar-refractivity contribution in [3.8, 4) is 5.75 Å². The minimum atomic E-state index is -0.157. The summed E-state index contributed by atoms with van der Waals surface area (Å²) in [7, 11) is 0. The first kappa shape index (κ1) is 17.9. The summed E-state index contributed by atoms with van der Waals surface area (Å²) in [6.45, 7) is 6.39. The number of carbonyl (C=O) groups is 2. The van der Waals surface area contributed by atoms with E-state index in [1.165, 1.54) is 6.92 Å². The lowest BCUT2D eigenvalue weighted by Gasteiger charge is -2.16. The van der Waals surface area contributed by atoms with Gasteiger partial charge in [0.05, 0.1) is 24.5 Å². The van der Waals surface area contributed by atoms with Gasteiger partial charge in [0.15, 0.2) is 5.89 Å². The highest BCUT2D eigenvalue weighted by molar-refractivity contribution is 5.92. The Morgan fingerprint density at radius 3 is 2.92 bits per heavy atom. The molecular formula is C18H22N4O4. The lowest BCUT2D eigenvalue weighted by molar-refractivity contribution is -0.119. The Kier molecular flexibility index (Phi) is 5.20. The Hall–Kier alpha value is -2.90. The number of likely N-dealkylation sites (tertiary alicyclic amines) is 1. The number of hydrogen-bond donors (Lipinski definition) is 1. The summed E-state index contributed by atoms with van der Waals surface area (Å²) in [5, 5.41) is 2.70. The fourth-order valence-corrected chi connectivity index (χ4v) is 2.92. The Morgan fingerprint density at radius 2 is 2.23 bits per heavy atom. The molecule has 0 radical (unpaired) electrons. The van der Waals surface area contributed by atoms with E-state index in [1.54, 1.807) is 37.1 Å². The quantitative estimate of drug-likeness (QED) is 0.872. The zero-order valence-corrected chi connectivity index (χ0v) is 15.1. The number of hydrogen-bond acceptors (Lipinski definition) is 6. The number of rotatable bonds is 5. The zero-order valence-electron chi connectivity index (χ0n) is 15.1. The molecule has 1 aliphatic heterocycles. The highest BCUT2D eigenvalue weighted by Gasteiger charge is 2.31. The van der Waals surface area contributed by atoms with Crippen LogP contribution in [0.15, 0.2) is 22.7 Å². The molecule has 0 saturated carbocycles. The van der Waals surface area contributed by atoms with Crippen molar-refractivity contribution in [1.29, 1.82) is 0 Å². The van der Waals surface area contributed by atoms with E-state index < -0.39 is 0 Å². The molecule has 1 aliphatic rings. The summed E-state index contributed by atoms with van der Waals surface area (Å²) in [5.74, 6) is 1.19. The molecule has 1 N–H and O–H groups in total. The van der Waals surface area contributed by atoms with Crippen molar-refractivity contribution in [2.24, 2.45) is 0 Å². The first-order valence-electron chi connectivity index (χ1n) is 8.51. The van der Waals surface area contributed by atoms with Gasteiger partial charge in [0.2, 0.25) is 11.7 Å². The number of carbonyl (C=O) groups excluding carboxylic acids is 2. The van der Waals surface area contributed by atoms with E-state index in [1.807, 2.05) is 0 Å². The molecule has 0 bridgehead atoms. The van der Waals surface area contributed by atoms with E-state index in [0.717, 1.165) is 12.1 Å². The Bertz CT molecular complexity index is 817. The van der Waals surface area contributed by atoms with Gasteiger partial charge in [-0.25, -0.2) is 4.98 Å². The van der Waals surface area contributed by atoms with Gasteiger partial charge in [0, 0.05) is 39.1 Å². The van der Waals surface area contributed by atoms with E-state index in [9.17, 15) is 9.59 Å². The number of nitrogens with zero attached hydrogens (tertiary/aromatic N) is 3. The number of aryl methyl sites for hydroxylation is 2.